The van der Waals surface area contributed by atoms with Crippen LogP contribution >= 0.6 is 0 Å². The Hall–Kier alpha value is -0.0900. The van der Waals surface area contributed by atoms with E-state index in [9.17, 15) is 8.42 Å². The number of nitrogens with one attached hydrogen (secondary N) is 1. The van der Waals surface area contributed by atoms with Gasteiger partial charge in [0.05, 0.1) is 11.0 Å². The van der Waals surface area contributed by atoms with Crippen LogP contribution in [0, 0.1) is 11.3 Å². The van der Waals surface area contributed by atoms with Gasteiger partial charge in [0.1, 0.15) is 0 Å². The molecule has 0 aromatic carbocycles. The monoisotopic (exact) mass is 287 g/mol. The Labute approximate surface area is 118 Å². The third kappa shape index (κ3) is 2.99. The molecule has 0 amide bonds. The Bertz CT molecular complexity index is 416. The smallest absolute Gasteiger partial charge is 0.156 e. The summed E-state index contributed by atoms with van der Waals surface area (Å²) in [4.78, 5) is 0. The van der Waals surface area contributed by atoms with Crippen LogP contribution in [0.3, 0.4) is 0 Å². The first-order valence-corrected chi connectivity index (χ1v) is 9.49. The highest BCUT2D eigenvalue weighted by molar-refractivity contribution is 7.92. The molecule has 1 heterocycles. The minimum Gasteiger partial charge on any atom is -0.309 e. The first-order valence-electron chi connectivity index (χ1n) is 7.77. The summed E-state index contributed by atoms with van der Waals surface area (Å²) in [6.07, 6.45) is 5.08. The van der Waals surface area contributed by atoms with Crippen molar-refractivity contribution in [2.75, 3.05) is 5.75 Å². The molecule has 1 N–H and O–H groups in total. The average molecular weight is 287 g/mol. The highest BCUT2D eigenvalue weighted by Gasteiger charge is 2.46. The predicted molar refractivity (Wildman–Crippen MR) is 80.0 cm³/mol. The van der Waals surface area contributed by atoms with Crippen molar-refractivity contribution in [2.24, 2.45) is 11.3 Å². The zero-order chi connectivity index (χ0) is 14.3. The molecule has 1 aliphatic heterocycles. The fourth-order valence-electron chi connectivity index (χ4n) is 3.71. The van der Waals surface area contributed by atoms with Crippen molar-refractivity contribution in [3.8, 4) is 0 Å². The Kier molecular flexibility index (Phi) is 4.32. The van der Waals surface area contributed by atoms with Crippen molar-refractivity contribution in [2.45, 2.75) is 77.1 Å². The predicted octanol–water partition coefficient (Wildman–Crippen LogP) is 2.76. The van der Waals surface area contributed by atoms with Gasteiger partial charge in [0, 0.05) is 12.1 Å². The Balaban J connectivity index is 2.16. The molecule has 0 spiro atoms. The molecule has 1 saturated heterocycles. The second kappa shape index (κ2) is 5.36. The van der Waals surface area contributed by atoms with Crippen LogP contribution in [0.4, 0.5) is 0 Å². The maximum absolute atomic E-state index is 12.5. The summed E-state index contributed by atoms with van der Waals surface area (Å²) in [5.74, 6) is 0.887. The highest BCUT2D eigenvalue weighted by Crippen LogP contribution is 2.43. The summed E-state index contributed by atoms with van der Waals surface area (Å²) >= 11 is 0. The van der Waals surface area contributed by atoms with E-state index in [2.05, 4.69) is 33.0 Å². The third-order valence-corrected chi connectivity index (χ3v) is 7.96. The van der Waals surface area contributed by atoms with Gasteiger partial charge in [0.15, 0.2) is 9.84 Å². The molecule has 0 aromatic rings. The zero-order valence-electron chi connectivity index (χ0n) is 12.8. The molecule has 1 saturated carbocycles. The van der Waals surface area contributed by atoms with Crippen molar-refractivity contribution in [1.29, 1.82) is 0 Å². The molecule has 1 aliphatic carbocycles. The van der Waals surface area contributed by atoms with E-state index in [-0.39, 0.29) is 22.7 Å². The van der Waals surface area contributed by atoms with E-state index in [0.717, 1.165) is 25.7 Å². The van der Waals surface area contributed by atoms with E-state index in [1.54, 1.807) is 0 Å². The van der Waals surface area contributed by atoms with E-state index in [1.165, 1.54) is 6.42 Å². The normalized spacial score (nSPS) is 38.7. The summed E-state index contributed by atoms with van der Waals surface area (Å²) in [6.45, 7) is 8.86. The lowest BCUT2D eigenvalue weighted by molar-refractivity contribution is 0.133. The summed E-state index contributed by atoms with van der Waals surface area (Å²) in [7, 11) is -2.91. The molecule has 0 aromatic heterocycles. The van der Waals surface area contributed by atoms with E-state index in [4.69, 9.17) is 0 Å². The third-order valence-electron chi connectivity index (χ3n) is 5.65. The van der Waals surface area contributed by atoms with Crippen LogP contribution in [0.25, 0.3) is 0 Å². The van der Waals surface area contributed by atoms with Crippen LogP contribution in [-0.2, 0) is 9.84 Å². The average Bonchev–Trinajstić information content (AvgIpc) is 2.37. The minimum atomic E-state index is -2.91. The maximum Gasteiger partial charge on any atom is 0.156 e. The second-order valence-electron chi connectivity index (χ2n) is 7.10. The molecule has 3 nitrogen and oxygen atoms in total. The van der Waals surface area contributed by atoms with Gasteiger partial charge in [-0.15, -0.1) is 0 Å². The van der Waals surface area contributed by atoms with E-state index in [1.807, 2.05) is 0 Å². The molecule has 2 aliphatic rings. The lowest BCUT2D eigenvalue weighted by Crippen LogP contribution is -2.59. The summed E-state index contributed by atoms with van der Waals surface area (Å²) in [5.41, 5.74) is 0.266. The van der Waals surface area contributed by atoms with E-state index >= 15 is 0 Å². The lowest BCUT2D eigenvalue weighted by Gasteiger charge is -2.46. The van der Waals surface area contributed by atoms with Crippen molar-refractivity contribution in [3.63, 3.8) is 0 Å². The highest BCUT2D eigenvalue weighted by atomic mass is 32.2. The fourth-order valence-corrected chi connectivity index (χ4v) is 6.09. The second-order valence-corrected chi connectivity index (χ2v) is 9.36. The van der Waals surface area contributed by atoms with Gasteiger partial charge in [-0.05, 0) is 37.0 Å². The Morgan fingerprint density at radius 2 is 1.89 bits per heavy atom. The fraction of sp³-hybridized carbons (Fsp3) is 1.00. The number of rotatable bonds is 3. The first-order chi connectivity index (χ1) is 8.80. The van der Waals surface area contributed by atoms with Crippen LogP contribution in [-0.4, -0.2) is 31.5 Å². The van der Waals surface area contributed by atoms with Gasteiger partial charge in [-0.1, -0.05) is 34.1 Å². The van der Waals surface area contributed by atoms with Crippen molar-refractivity contribution >= 4 is 9.84 Å². The zero-order valence-corrected chi connectivity index (χ0v) is 13.6. The molecule has 0 radical (unpaired) electrons. The molecule has 4 unspecified atom stereocenters. The van der Waals surface area contributed by atoms with Gasteiger partial charge in [0.25, 0.3) is 0 Å². The molecule has 112 valence electrons. The standard InChI is InChI=1S/C15H29NO2S/c1-5-12-10-19(17,18)14-9-11(15(3,4)6-2)7-8-13(14)16-12/h11-14,16H,5-10H2,1-4H3. The van der Waals surface area contributed by atoms with Crippen LogP contribution in [0.2, 0.25) is 0 Å². The topological polar surface area (TPSA) is 46.2 Å². The molecule has 19 heavy (non-hydrogen) atoms. The molecule has 2 rings (SSSR count). The van der Waals surface area contributed by atoms with Gasteiger partial charge in [-0.25, -0.2) is 8.42 Å². The largest absolute Gasteiger partial charge is 0.309 e. The Morgan fingerprint density at radius 3 is 2.47 bits per heavy atom. The quantitative estimate of drug-likeness (QED) is 0.868. The molecule has 0 bridgehead atoms. The van der Waals surface area contributed by atoms with Crippen molar-refractivity contribution in [3.05, 3.63) is 0 Å². The minimum absolute atomic E-state index is 0.139. The summed E-state index contributed by atoms with van der Waals surface area (Å²) in [5, 5.41) is 3.43. The molecular formula is C15H29NO2S. The van der Waals surface area contributed by atoms with E-state index < -0.39 is 9.84 Å². The van der Waals surface area contributed by atoms with E-state index in [0.29, 0.717) is 11.7 Å². The van der Waals surface area contributed by atoms with Gasteiger partial charge < -0.3 is 5.32 Å². The van der Waals surface area contributed by atoms with Gasteiger partial charge >= 0.3 is 0 Å². The molecule has 2 fully saturated rings. The molecular weight excluding hydrogens is 258 g/mol. The van der Waals surface area contributed by atoms with Crippen LogP contribution < -0.4 is 5.32 Å². The van der Waals surface area contributed by atoms with Crippen LogP contribution in [0.1, 0.15) is 59.8 Å². The maximum atomic E-state index is 12.5. The summed E-state index contributed by atoms with van der Waals surface area (Å²) < 4.78 is 25.0. The number of hydrogen-bond acceptors (Lipinski definition) is 3. The number of hydrogen-bond donors (Lipinski definition) is 1. The van der Waals surface area contributed by atoms with Gasteiger partial charge in [-0.2, -0.15) is 0 Å². The van der Waals surface area contributed by atoms with Crippen LogP contribution in [0.15, 0.2) is 0 Å². The van der Waals surface area contributed by atoms with Gasteiger partial charge in [0.2, 0.25) is 0 Å². The molecule has 4 atom stereocenters. The molecule has 4 heteroatoms. The first kappa shape index (κ1) is 15.3. The SMILES string of the molecule is CCC1CS(=O)(=O)C2CC(C(C)(C)CC)CCC2N1. The number of fused-ring (bicyclic) bond motifs is 1. The summed E-state index contributed by atoms with van der Waals surface area (Å²) in [6, 6.07) is 0.370. The van der Waals surface area contributed by atoms with Crippen LogP contribution in [0.5, 0.6) is 0 Å². The number of sulfone groups is 1. The van der Waals surface area contributed by atoms with Gasteiger partial charge in [-0.3, -0.25) is 0 Å². The Morgan fingerprint density at radius 1 is 1.21 bits per heavy atom. The van der Waals surface area contributed by atoms with Crippen molar-refractivity contribution in [1.82, 2.24) is 5.32 Å². The van der Waals surface area contributed by atoms with Crippen molar-refractivity contribution < 1.29 is 8.42 Å². The lowest BCUT2D eigenvalue weighted by atomic mass is 9.68.